The van der Waals surface area contributed by atoms with Gasteiger partial charge in [0.2, 0.25) is 0 Å². The Morgan fingerprint density at radius 3 is 2.57 bits per heavy atom. The Bertz CT molecular complexity index is 1100. The van der Waals surface area contributed by atoms with Crippen LogP contribution in [0.1, 0.15) is 36.7 Å². The molecule has 0 N–H and O–H groups in total. The molecule has 0 aliphatic rings. The number of rotatable bonds is 7. The molecule has 6 nitrogen and oxygen atoms in total. The molecule has 2 aromatic carbocycles. The fourth-order valence-corrected chi connectivity index (χ4v) is 3.20. The van der Waals surface area contributed by atoms with Crippen LogP contribution in [-0.4, -0.2) is 23.8 Å². The largest absolute Gasteiger partial charge is 0.493 e. The van der Waals surface area contributed by atoms with Gasteiger partial charge in [0.15, 0.2) is 11.5 Å². The number of benzene rings is 2. The maximum absolute atomic E-state index is 13.3. The van der Waals surface area contributed by atoms with Crippen LogP contribution < -0.4 is 15.0 Å². The SMILES string of the molecule is CCCCc1nc2cc(OC)c(OC)cc2c(=O)n1Cc1cccc(C#N)c1. The Kier molecular flexibility index (Phi) is 5.95. The number of hydrogen-bond donors (Lipinski definition) is 0. The summed E-state index contributed by atoms with van der Waals surface area (Å²) in [6.07, 6.45) is 2.64. The molecule has 0 radical (unpaired) electrons. The second kappa shape index (κ2) is 8.57. The lowest BCUT2D eigenvalue weighted by molar-refractivity contribution is 0.355. The molecule has 0 aliphatic heterocycles. The molecule has 0 spiro atoms. The van der Waals surface area contributed by atoms with Gasteiger partial charge < -0.3 is 9.47 Å². The van der Waals surface area contributed by atoms with Crippen molar-refractivity contribution < 1.29 is 9.47 Å². The van der Waals surface area contributed by atoms with Gasteiger partial charge in [0.25, 0.3) is 5.56 Å². The summed E-state index contributed by atoms with van der Waals surface area (Å²) in [5, 5.41) is 9.63. The molecule has 3 rings (SSSR count). The monoisotopic (exact) mass is 377 g/mol. The Labute approximate surface area is 164 Å². The fourth-order valence-electron chi connectivity index (χ4n) is 3.20. The van der Waals surface area contributed by atoms with Crippen LogP contribution in [0.15, 0.2) is 41.2 Å². The molecule has 28 heavy (non-hydrogen) atoms. The molecule has 0 atom stereocenters. The predicted octanol–water partition coefficient (Wildman–Crippen LogP) is 3.68. The second-order valence-electron chi connectivity index (χ2n) is 6.56. The average Bonchev–Trinajstić information content (AvgIpc) is 2.73. The lowest BCUT2D eigenvalue weighted by Gasteiger charge is -2.15. The maximum Gasteiger partial charge on any atom is 0.261 e. The molecule has 3 aromatic rings. The third-order valence-corrected chi connectivity index (χ3v) is 4.69. The van der Waals surface area contributed by atoms with E-state index in [1.807, 2.05) is 12.1 Å². The predicted molar refractivity (Wildman–Crippen MR) is 108 cm³/mol. The molecular weight excluding hydrogens is 354 g/mol. The lowest BCUT2D eigenvalue weighted by atomic mass is 10.1. The molecule has 0 fully saturated rings. The minimum atomic E-state index is -0.126. The van der Waals surface area contributed by atoms with E-state index in [1.165, 1.54) is 0 Å². The summed E-state index contributed by atoms with van der Waals surface area (Å²) in [5.41, 5.74) is 1.93. The molecule has 1 aromatic heterocycles. The smallest absolute Gasteiger partial charge is 0.261 e. The average molecular weight is 377 g/mol. The van der Waals surface area contributed by atoms with Crippen LogP contribution in [-0.2, 0) is 13.0 Å². The van der Waals surface area contributed by atoms with E-state index in [9.17, 15) is 4.79 Å². The zero-order chi connectivity index (χ0) is 20.1. The second-order valence-corrected chi connectivity index (χ2v) is 6.56. The molecule has 144 valence electrons. The van der Waals surface area contributed by atoms with Gasteiger partial charge in [-0.2, -0.15) is 5.26 Å². The summed E-state index contributed by atoms with van der Waals surface area (Å²) in [6.45, 7) is 2.47. The Morgan fingerprint density at radius 1 is 1.14 bits per heavy atom. The first-order valence-corrected chi connectivity index (χ1v) is 9.25. The molecule has 0 unspecified atom stereocenters. The number of aromatic nitrogens is 2. The van der Waals surface area contributed by atoms with Crippen LogP contribution in [0.4, 0.5) is 0 Å². The Morgan fingerprint density at radius 2 is 1.89 bits per heavy atom. The summed E-state index contributed by atoms with van der Waals surface area (Å²) >= 11 is 0. The summed E-state index contributed by atoms with van der Waals surface area (Å²) in [5.74, 6) is 1.77. The zero-order valence-electron chi connectivity index (χ0n) is 16.4. The van der Waals surface area contributed by atoms with Gasteiger partial charge in [-0.3, -0.25) is 9.36 Å². The van der Waals surface area contributed by atoms with Gasteiger partial charge in [0.1, 0.15) is 5.82 Å². The molecule has 1 heterocycles. The summed E-state index contributed by atoms with van der Waals surface area (Å²) in [6, 6.07) is 12.8. The number of methoxy groups -OCH3 is 2. The van der Waals surface area contributed by atoms with Crippen LogP contribution in [0.3, 0.4) is 0 Å². The van der Waals surface area contributed by atoms with E-state index >= 15 is 0 Å². The molecule has 0 saturated carbocycles. The zero-order valence-corrected chi connectivity index (χ0v) is 16.4. The number of ether oxygens (including phenoxy) is 2. The molecule has 0 saturated heterocycles. The first kappa shape index (κ1) is 19.4. The van der Waals surface area contributed by atoms with Crippen LogP contribution in [0.2, 0.25) is 0 Å². The molecule has 0 bridgehead atoms. The van der Waals surface area contributed by atoms with Gasteiger partial charge in [-0.05, 0) is 30.2 Å². The number of aryl methyl sites for hydroxylation is 1. The first-order valence-electron chi connectivity index (χ1n) is 9.25. The number of nitrogens with zero attached hydrogens (tertiary/aromatic N) is 3. The molecule has 0 amide bonds. The quantitative estimate of drug-likeness (QED) is 0.628. The van der Waals surface area contributed by atoms with Gasteiger partial charge in [-0.25, -0.2) is 4.98 Å². The van der Waals surface area contributed by atoms with Gasteiger partial charge in [0.05, 0.1) is 43.3 Å². The van der Waals surface area contributed by atoms with Gasteiger partial charge in [-0.1, -0.05) is 25.5 Å². The number of nitriles is 1. The molecule has 0 aliphatic carbocycles. The highest BCUT2D eigenvalue weighted by Gasteiger charge is 2.15. The van der Waals surface area contributed by atoms with Crippen LogP contribution in [0.25, 0.3) is 10.9 Å². The van der Waals surface area contributed by atoms with E-state index < -0.39 is 0 Å². The van der Waals surface area contributed by atoms with Gasteiger partial charge in [-0.15, -0.1) is 0 Å². The Balaban J connectivity index is 2.19. The van der Waals surface area contributed by atoms with E-state index in [1.54, 1.807) is 43.1 Å². The maximum atomic E-state index is 13.3. The number of hydrogen-bond acceptors (Lipinski definition) is 5. The normalized spacial score (nSPS) is 10.6. The third-order valence-electron chi connectivity index (χ3n) is 4.69. The number of unbranched alkanes of at least 4 members (excludes halogenated alkanes) is 1. The van der Waals surface area contributed by atoms with Gasteiger partial charge in [0, 0.05) is 12.5 Å². The minimum Gasteiger partial charge on any atom is -0.493 e. The minimum absolute atomic E-state index is 0.126. The van der Waals surface area contributed by atoms with Crippen molar-refractivity contribution in [1.82, 2.24) is 9.55 Å². The van der Waals surface area contributed by atoms with E-state index in [0.717, 1.165) is 24.2 Å². The van der Waals surface area contributed by atoms with E-state index in [-0.39, 0.29) is 5.56 Å². The van der Waals surface area contributed by atoms with Crippen LogP contribution in [0.5, 0.6) is 11.5 Å². The standard InChI is InChI=1S/C22H23N3O3/c1-4-5-9-21-24-18-12-20(28-3)19(27-2)11-17(18)22(26)25(21)14-16-8-6-7-15(10-16)13-23/h6-8,10-12H,4-5,9,14H2,1-3H3. The van der Waals surface area contributed by atoms with Crippen molar-refractivity contribution in [3.63, 3.8) is 0 Å². The van der Waals surface area contributed by atoms with Crippen molar-refractivity contribution in [1.29, 1.82) is 5.26 Å². The highest BCUT2D eigenvalue weighted by molar-refractivity contribution is 5.82. The van der Waals surface area contributed by atoms with Gasteiger partial charge >= 0.3 is 0 Å². The fraction of sp³-hybridized carbons (Fsp3) is 0.318. The highest BCUT2D eigenvalue weighted by Crippen LogP contribution is 2.30. The van der Waals surface area contributed by atoms with Crippen molar-refractivity contribution in [2.24, 2.45) is 0 Å². The molecule has 6 heteroatoms. The lowest BCUT2D eigenvalue weighted by Crippen LogP contribution is -2.26. The van der Waals surface area contributed by atoms with E-state index in [4.69, 9.17) is 19.7 Å². The van der Waals surface area contributed by atoms with Crippen LogP contribution in [0, 0.1) is 11.3 Å². The van der Waals surface area contributed by atoms with Crippen molar-refractivity contribution in [2.45, 2.75) is 32.7 Å². The van der Waals surface area contributed by atoms with Crippen molar-refractivity contribution in [2.75, 3.05) is 14.2 Å². The summed E-state index contributed by atoms with van der Waals surface area (Å²) in [4.78, 5) is 18.1. The topological polar surface area (TPSA) is 77.1 Å². The highest BCUT2D eigenvalue weighted by atomic mass is 16.5. The van der Waals surface area contributed by atoms with E-state index in [2.05, 4.69) is 13.0 Å². The first-order chi connectivity index (χ1) is 13.6. The van der Waals surface area contributed by atoms with Crippen molar-refractivity contribution >= 4 is 10.9 Å². The summed E-state index contributed by atoms with van der Waals surface area (Å²) < 4.78 is 12.4. The number of fused-ring (bicyclic) bond motifs is 1. The third kappa shape index (κ3) is 3.84. The summed E-state index contributed by atoms with van der Waals surface area (Å²) in [7, 11) is 3.10. The van der Waals surface area contributed by atoms with Crippen LogP contribution >= 0.6 is 0 Å². The molecular formula is C22H23N3O3. The Hall–Kier alpha value is -3.33. The van der Waals surface area contributed by atoms with E-state index in [0.29, 0.717) is 40.9 Å². The van der Waals surface area contributed by atoms with Crippen molar-refractivity contribution in [3.05, 3.63) is 63.7 Å². The van der Waals surface area contributed by atoms with Crippen molar-refractivity contribution in [3.8, 4) is 17.6 Å².